The van der Waals surface area contributed by atoms with Gasteiger partial charge in [-0.1, -0.05) is 11.6 Å². The molecular weight excluding hydrogens is 229 g/mol. The Bertz CT molecular complexity index is 349. The molecule has 1 N–H and O–H groups in total. The lowest BCUT2D eigenvalue weighted by Gasteiger charge is -2.19. The summed E-state index contributed by atoms with van der Waals surface area (Å²) in [5.41, 5.74) is 0.235. The maximum absolute atomic E-state index is 13.3. The largest absolute Gasteiger partial charge is 0.380 e. The molecular formula is C12H17ClFNO. The second-order valence-corrected chi connectivity index (χ2v) is 4.95. The molecule has 0 aromatic heterocycles. The van der Waals surface area contributed by atoms with Crippen molar-refractivity contribution in [3.05, 3.63) is 29.0 Å². The van der Waals surface area contributed by atoms with Crippen LogP contribution in [-0.4, -0.2) is 18.8 Å². The smallest absolute Gasteiger partial charge is 0.146 e. The van der Waals surface area contributed by atoms with Crippen LogP contribution >= 0.6 is 11.6 Å². The van der Waals surface area contributed by atoms with E-state index in [0.29, 0.717) is 23.9 Å². The van der Waals surface area contributed by atoms with Crippen molar-refractivity contribution in [2.24, 2.45) is 0 Å². The zero-order valence-electron chi connectivity index (χ0n) is 9.81. The molecule has 2 nitrogen and oxygen atoms in total. The van der Waals surface area contributed by atoms with Crippen molar-refractivity contribution >= 4 is 17.3 Å². The van der Waals surface area contributed by atoms with Crippen LogP contribution in [0.3, 0.4) is 0 Å². The summed E-state index contributed by atoms with van der Waals surface area (Å²) in [6.45, 7) is 7.01. The van der Waals surface area contributed by atoms with E-state index >= 15 is 0 Å². The van der Waals surface area contributed by atoms with Gasteiger partial charge in [-0.3, -0.25) is 0 Å². The summed E-state index contributed by atoms with van der Waals surface area (Å²) in [6.07, 6.45) is 0. The monoisotopic (exact) mass is 245 g/mol. The summed E-state index contributed by atoms with van der Waals surface area (Å²) in [5.74, 6) is -0.305. The molecule has 0 spiro atoms. The minimum atomic E-state index is -0.305. The van der Waals surface area contributed by atoms with Gasteiger partial charge in [0.15, 0.2) is 0 Å². The highest BCUT2D eigenvalue weighted by Crippen LogP contribution is 2.19. The normalized spacial score (nSPS) is 11.6. The van der Waals surface area contributed by atoms with Gasteiger partial charge in [-0.25, -0.2) is 4.39 Å². The number of nitrogens with one attached hydrogen (secondary N) is 1. The third-order valence-corrected chi connectivity index (χ3v) is 2.12. The molecule has 1 rings (SSSR count). The molecule has 90 valence electrons. The van der Waals surface area contributed by atoms with Crippen molar-refractivity contribution in [2.75, 3.05) is 18.5 Å². The van der Waals surface area contributed by atoms with Gasteiger partial charge in [-0.15, -0.1) is 0 Å². The number of rotatable bonds is 4. The lowest BCUT2D eigenvalue weighted by molar-refractivity contribution is 0.00332. The van der Waals surface area contributed by atoms with E-state index in [0.717, 1.165) is 0 Å². The van der Waals surface area contributed by atoms with E-state index < -0.39 is 0 Å². The fourth-order valence-corrected chi connectivity index (χ4v) is 1.35. The van der Waals surface area contributed by atoms with Gasteiger partial charge in [0.25, 0.3) is 0 Å². The average Bonchev–Trinajstić information content (AvgIpc) is 2.16. The summed E-state index contributed by atoms with van der Waals surface area (Å²) in [7, 11) is 0. The van der Waals surface area contributed by atoms with E-state index in [4.69, 9.17) is 16.3 Å². The van der Waals surface area contributed by atoms with Gasteiger partial charge < -0.3 is 10.1 Å². The van der Waals surface area contributed by atoms with Crippen molar-refractivity contribution in [3.63, 3.8) is 0 Å². The van der Waals surface area contributed by atoms with E-state index in [1.807, 2.05) is 20.8 Å². The van der Waals surface area contributed by atoms with Crippen LogP contribution in [-0.2, 0) is 4.74 Å². The predicted molar refractivity (Wildman–Crippen MR) is 65.6 cm³/mol. The number of anilines is 1. The van der Waals surface area contributed by atoms with Crippen molar-refractivity contribution in [2.45, 2.75) is 26.4 Å². The zero-order chi connectivity index (χ0) is 12.2. The van der Waals surface area contributed by atoms with Crippen LogP contribution in [0.4, 0.5) is 10.1 Å². The number of benzene rings is 1. The SMILES string of the molecule is CC(C)(C)OCCNc1cc(Cl)ccc1F. The van der Waals surface area contributed by atoms with Crippen molar-refractivity contribution in [3.8, 4) is 0 Å². The number of halogens is 2. The maximum Gasteiger partial charge on any atom is 0.146 e. The van der Waals surface area contributed by atoms with Crippen LogP contribution in [0, 0.1) is 5.82 Å². The number of hydrogen-bond acceptors (Lipinski definition) is 2. The quantitative estimate of drug-likeness (QED) is 0.817. The molecule has 0 atom stereocenters. The van der Waals surface area contributed by atoms with Gasteiger partial charge >= 0.3 is 0 Å². The average molecular weight is 246 g/mol. The van der Waals surface area contributed by atoms with Crippen LogP contribution in [0.25, 0.3) is 0 Å². The van der Waals surface area contributed by atoms with Gasteiger partial charge in [-0.05, 0) is 39.0 Å². The summed E-state index contributed by atoms with van der Waals surface area (Å²) >= 11 is 5.76. The number of ether oxygens (including phenoxy) is 1. The molecule has 0 bridgehead atoms. The molecule has 4 heteroatoms. The third-order valence-electron chi connectivity index (χ3n) is 1.88. The predicted octanol–water partition coefficient (Wildman–Crippen LogP) is 3.71. The van der Waals surface area contributed by atoms with E-state index in [-0.39, 0.29) is 11.4 Å². The van der Waals surface area contributed by atoms with E-state index in [9.17, 15) is 4.39 Å². The third kappa shape index (κ3) is 4.81. The molecule has 0 aliphatic carbocycles. The Kier molecular flexibility index (Phi) is 4.56. The Hall–Kier alpha value is -0.800. The summed E-state index contributed by atoms with van der Waals surface area (Å²) < 4.78 is 18.8. The van der Waals surface area contributed by atoms with Crippen LogP contribution in [0.1, 0.15) is 20.8 Å². The molecule has 0 heterocycles. The lowest BCUT2D eigenvalue weighted by atomic mass is 10.2. The molecule has 0 unspecified atom stereocenters. The first-order chi connectivity index (χ1) is 7.38. The van der Waals surface area contributed by atoms with Crippen molar-refractivity contribution in [1.29, 1.82) is 0 Å². The minimum absolute atomic E-state index is 0.172. The van der Waals surface area contributed by atoms with E-state index in [2.05, 4.69) is 5.32 Å². The van der Waals surface area contributed by atoms with Crippen LogP contribution in [0.15, 0.2) is 18.2 Å². The fraction of sp³-hybridized carbons (Fsp3) is 0.500. The first kappa shape index (κ1) is 13.3. The second-order valence-electron chi connectivity index (χ2n) is 4.51. The Balaban J connectivity index is 2.40. The highest BCUT2D eigenvalue weighted by atomic mass is 35.5. The Morgan fingerprint density at radius 1 is 1.38 bits per heavy atom. The fourth-order valence-electron chi connectivity index (χ4n) is 1.18. The zero-order valence-corrected chi connectivity index (χ0v) is 10.6. The van der Waals surface area contributed by atoms with Gasteiger partial charge in [0.2, 0.25) is 0 Å². The minimum Gasteiger partial charge on any atom is -0.380 e. The summed E-state index contributed by atoms with van der Waals surface area (Å²) in [6, 6.07) is 4.43. The molecule has 16 heavy (non-hydrogen) atoms. The molecule has 0 saturated heterocycles. The van der Waals surface area contributed by atoms with E-state index in [1.54, 1.807) is 6.07 Å². The highest BCUT2D eigenvalue weighted by molar-refractivity contribution is 6.30. The Morgan fingerprint density at radius 3 is 2.69 bits per heavy atom. The Labute approximate surface area is 101 Å². The molecule has 0 amide bonds. The van der Waals surface area contributed by atoms with Crippen molar-refractivity contribution < 1.29 is 9.13 Å². The van der Waals surface area contributed by atoms with Crippen LogP contribution in [0.5, 0.6) is 0 Å². The molecule has 0 radical (unpaired) electrons. The summed E-state index contributed by atoms with van der Waals surface area (Å²) in [4.78, 5) is 0. The molecule has 0 aliphatic heterocycles. The molecule has 0 fully saturated rings. The molecule has 0 aliphatic rings. The second kappa shape index (κ2) is 5.51. The topological polar surface area (TPSA) is 21.3 Å². The van der Waals surface area contributed by atoms with E-state index in [1.165, 1.54) is 12.1 Å². The maximum atomic E-state index is 13.3. The van der Waals surface area contributed by atoms with Gasteiger partial charge in [0.1, 0.15) is 5.82 Å². The van der Waals surface area contributed by atoms with Gasteiger partial charge in [0.05, 0.1) is 17.9 Å². The molecule has 1 aromatic carbocycles. The molecule has 1 aromatic rings. The Morgan fingerprint density at radius 2 is 2.06 bits per heavy atom. The number of hydrogen-bond donors (Lipinski definition) is 1. The van der Waals surface area contributed by atoms with Crippen LogP contribution in [0.2, 0.25) is 5.02 Å². The van der Waals surface area contributed by atoms with Gasteiger partial charge in [0, 0.05) is 11.6 Å². The first-order valence-corrected chi connectivity index (χ1v) is 5.59. The summed E-state index contributed by atoms with van der Waals surface area (Å²) in [5, 5.41) is 3.46. The van der Waals surface area contributed by atoms with Gasteiger partial charge in [-0.2, -0.15) is 0 Å². The first-order valence-electron chi connectivity index (χ1n) is 5.21. The van der Waals surface area contributed by atoms with Crippen LogP contribution < -0.4 is 5.32 Å². The standard InChI is InChI=1S/C12H17ClFNO/c1-12(2,3)16-7-6-15-11-8-9(13)4-5-10(11)14/h4-5,8,15H,6-7H2,1-3H3. The lowest BCUT2D eigenvalue weighted by Crippen LogP contribution is -2.23. The molecule has 0 saturated carbocycles. The van der Waals surface area contributed by atoms with Crippen molar-refractivity contribution in [1.82, 2.24) is 0 Å². The highest BCUT2D eigenvalue weighted by Gasteiger charge is 2.09.